The fraction of sp³-hybridized carbons (Fsp3) is 0.0294. The van der Waals surface area contributed by atoms with Crippen LogP contribution < -0.4 is 0 Å². The zero-order valence-corrected chi connectivity index (χ0v) is 19.8. The van der Waals surface area contributed by atoms with E-state index in [2.05, 4.69) is 110 Å². The van der Waals surface area contributed by atoms with Crippen molar-refractivity contribution in [2.75, 3.05) is 0 Å². The van der Waals surface area contributed by atoms with Crippen molar-refractivity contribution in [3.63, 3.8) is 0 Å². The molecule has 0 aliphatic rings. The van der Waals surface area contributed by atoms with Crippen LogP contribution in [-0.2, 0) is 16.0 Å². The Morgan fingerprint density at radius 3 is 1.75 bits per heavy atom. The predicted molar refractivity (Wildman–Crippen MR) is 150 cm³/mol. The summed E-state index contributed by atoms with van der Waals surface area (Å²) < 4.78 is 4.89. The normalized spacial score (nSPS) is 11.1. The minimum Gasteiger partial charge on any atom is -0.435 e. The standard InChI is InChI=1S/C34H24O2/c1-2-36-32(35)22-23-18-20-25(21-19-23)33-28-13-5-7-15-30(28)34(31-16-8-6-14-29(31)33)27-17-9-11-24-10-3-4-12-26(24)27/h2-21H,1,22H2. The maximum absolute atomic E-state index is 11.9. The highest BCUT2D eigenvalue weighted by atomic mass is 16.5. The molecule has 0 aromatic heterocycles. The van der Waals surface area contributed by atoms with Crippen LogP contribution in [0.1, 0.15) is 5.56 Å². The van der Waals surface area contributed by atoms with Crippen molar-refractivity contribution in [2.45, 2.75) is 6.42 Å². The first kappa shape index (κ1) is 21.8. The summed E-state index contributed by atoms with van der Waals surface area (Å²) in [5.41, 5.74) is 5.72. The summed E-state index contributed by atoms with van der Waals surface area (Å²) in [6.45, 7) is 3.46. The van der Waals surface area contributed by atoms with Crippen molar-refractivity contribution in [3.8, 4) is 22.3 Å². The first-order valence-corrected chi connectivity index (χ1v) is 12.1. The molecule has 6 rings (SSSR count). The Labute approximate surface area is 210 Å². The van der Waals surface area contributed by atoms with Crippen molar-refractivity contribution in [2.24, 2.45) is 0 Å². The van der Waals surface area contributed by atoms with E-state index in [0.29, 0.717) is 0 Å². The number of ether oxygens (including phenoxy) is 1. The Morgan fingerprint density at radius 2 is 1.14 bits per heavy atom. The maximum Gasteiger partial charge on any atom is 0.315 e. The van der Waals surface area contributed by atoms with Crippen LogP contribution in [0, 0.1) is 0 Å². The molecule has 0 spiro atoms. The first-order chi connectivity index (χ1) is 17.7. The third-order valence-electron chi connectivity index (χ3n) is 6.80. The van der Waals surface area contributed by atoms with Gasteiger partial charge in [-0.25, -0.2) is 0 Å². The molecule has 172 valence electrons. The van der Waals surface area contributed by atoms with Gasteiger partial charge in [0.15, 0.2) is 0 Å². The largest absolute Gasteiger partial charge is 0.435 e. The molecule has 0 fully saturated rings. The minimum atomic E-state index is -0.312. The Bertz CT molecular complexity index is 1700. The molecule has 2 heteroatoms. The third-order valence-corrected chi connectivity index (χ3v) is 6.80. The highest BCUT2D eigenvalue weighted by Crippen LogP contribution is 2.45. The topological polar surface area (TPSA) is 26.3 Å². The summed E-state index contributed by atoms with van der Waals surface area (Å²) in [4.78, 5) is 11.9. The molecule has 0 saturated carbocycles. The van der Waals surface area contributed by atoms with E-state index >= 15 is 0 Å². The molecule has 6 aromatic rings. The summed E-state index contributed by atoms with van der Waals surface area (Å²) in [5.74, 6) is -0.312. The van der Waals surface area contributed by atoms with Gasteiger partial charge in [0.25, 0.3) is 0 Å². The molecule has 0 N–H and O–H groups in total. The Morgan fingerprint density at radius 1 is 0.611 bits per heavy atom. The van der Waals surface area contributed by atoms with Gasteiger partial charge in [-0.15, -0.1) is 0 Å². The maximum atomic E-state index is 11.9. The molecule has 0 radical (unpaired) electrons. The molecular weight excluding hydrogens is 440 g/mol. The summed E-state index contributed by atoms with van der Waals surface area (Å²) in [6, 6.07) is 40.6. The van der Waals surface area contributed by atoms with E-state index < -0.39 is 0 Å². The fourth-order valence-electron chi connectivity index (χ4n) is 5.26. The van der Waals surface area contributed by atoms with Gasteiger partial charge in [-0.3, -0.25) is 4.79 Å². The molecule has 0 aliphatic heterocycles. The van der Waals surface area contributed by atoms with Gasteiger partial charge in [-0.2, -0.15) is 0 Å². The lowest BCUT2D eigenvalue weighted by atomic mass is 9.84. The van der Waals surface area contributed by atoms with Crippen LogP contribution in [0.3, 0.4) is 0 Å². The van der Waals surface area contributed by atoms with Crippen molar-refractivity contribution < 1.29 is 9.53 Å². The van der Waals surface area contributed by atoms with Crippen LogP contribution in [-0.4, -0.2) is 5.97 Å². The van der Waals surface area contributed by atoms with Crippen LogP contribution in [0.5, 0.6) is 0 Å². The average molecular weight is 465 g/mol. The van der Waals surface area contributed by atoms with E-state index in [4.69, 9.17) is 4.74 Å². The van der Waals surface area contributed by atoms with Crippen molar-refractivity contribution in [3.05, 3.63) is 134 Å². The van der Waals surface area contributed by atoms with Crippen LogP contribution in [0.4, 0.5) is 0 Å². The van der Waals surface area contributed by atoms with Gasteiger partial charge in [-0.1, -0.05) is 122 Å². The molecule has 0 aliphatic carbocycles. The van der Waals surface area contributed by atoms with E-state index in [-0.39, 0.29) is 12.4 Å². The molecule has 6 aromatic carbocycles. The van der Waals surface area contributed by atoms with Crippen LogP contribution in [0.2, 0.25) is 0 Å². The van der Waals surface area contributed by atoms with Gasteiger partial charge in [0.1, 0.15) is 0 Å². The number of hydrogen-bond acceptors (Lipinski definition) is 2. The Kier molecular flexibility index (Phi) is 5.55. The number of rotatable bonds is 5. The highest BCUT2D eigenvalue weighted by Gasteiger charge is 2.17. The minimum absolute atomic E-state index is 0.216. The molecule has 0 heterocycles. The molecule has 0 saturated heterocycles. The van der Waals surface area contributed by atoms with Crippen molar-refractivity contribution in [1.29, 1.82) is 0 Å². The summed E-state index contributed by atoms with van der Waals surface area (Å²) >= 11 is 0. The highest BCUT2D eigenvalue weighted by molar-refractivity contribution is 6.23. The van der Waals surface area contributed by atoms with E-state index in [9.17, 15) is 4.79 Å². The van der Waals surface area contributed by atoms with E-state index in [1.165, 1.54) is 55.3 Å². The molecule has 0 atom stereocenters. The second-order valence-corrected chi connectivity index (χ2v) is 8.90. The number of carbonyl (C=O) groups is 1. The zero-order chi connectivity index (χ0) is 24.5. The molecule has 0 amide bonds. The second-order valence-electron chi connectivity index (χ2n) is 8.90. The summed E-state index contributed by atoms with van der Waals surface area (Å²) in [5, 5.41) is 7.34. The van der Waals surface area contributed by atoms with Crippen molar-refractivity contribution >= 4 is 38.3 Å². The molecule has 2 nitrogen and oxygen atoms in total. The SMILES string of the molecule is C=COC(=O)Cc1ccc(-c2c3ccccc3c(-c3cccc4ccccc34)c3ccccc23)cc1. The van der Waals surface area contributed by atoms with E-state index in [1.54, 1.807) is 0 Å². The lowest BCUT2D eigenvalue weighted by molar-refractivity contribution is -0.137. The second kappa shape index (κ2) is 9.16. The van der Waals surface area contributed by atoms with Gasteiger partial charge in [-0.05, 0) is 60.1 Å². The average Bonchev–Trinajstić information content (AvgIpc) is 2.92. The zero-order valence-electron chi connectivity index (χ0n) is 19.8. The quantitative estimate of drug-likeness (QED) is 0.145. The molecular formula is C34H24O2. The fourth-order valence-corrected chi connectivity index (χ4v) is 5.26. The molecule has 0 unspecified atom stereocenters. The summed E-state index contributed by atoms with van der Waals surface area (Å²) in [7, 11) is 0. The van der Waals surface area contributed by atoms with Crippen molar-refractivity contribution in [1.82, 2.24) is 0 Å². The van der Waals surface area contributed by atoms with Crippen LogP contribution in [0.25, 0.3) is 54.6 Å². The van der Waals surface area contributed by atoms with Gasteiger partial charge in [0, 0.05) is 0 Å². The number of fused-ring (bicyclic) bond motifs is 3. The lowest BCUT2D eigenvalue weighted by Crippen LogP contribution is -2.03. The number of benzene rings is 6. The van der Waals surface area contributed by atoms with E-state index in [1.807, 2.05) is 12.1 Å². The van der Waals surface area contributed by atoms with Gasteiger partial charge >= 0.3 is 5.97 Å². The van der Waals surface area contributed by atoms with Gasteiger partial charge in [0.2, 0.25) is 0 Å². The molecule has 36 heavy (non-hydrogen) atoms. The Balaban J connectivity index is 1.62. The number of carbonyl (C=O) groups excluding carboxylic acids is 1. The van der Waals surface area contributed by atoms with Gasteiger partial charge < -0.3 is 4.74 Å². The molecule has 0 bridgehead atoms. The van der Waals surface area contributed by atoms with Crippen LogP contribution in [0.15, 0.2) is 128 Å². The first-order valence-electron chi connectivity index (χ1n) is 12.1. The smallest absolute Gasteiger partial charge is 0.315 e. The monoisotopic (exact) mass is 464 g/mol. The van der Waals surface area contributed by atoms with E-state index in [0.717, 1.165) is 11.1 Å². The van der Waals surface area contributed by atoms with Crippen LogP contribution >= 0.6 is 0 Å². The predicted octanol–water partition coefficient (Wildman–Crippen LogP) is 8.71. The number of esters is 1. The lowest BCUT2D eigenvalue weighted by Gasteiger charge is -2.19. The Hall–Kier alpha value is -4.69. The summed E-state index contributed by atoms with van der Waals surface area (Å²) in [6.07, 6.45) is 1.39. The van der Waals surface area contributed by atoms with Gasteiger partial charge in [0.05, 0.1) is 12.7 Å². The number of hydrogen-bond donors (Lipinski definition) is 0. The third kappa shape index (κ3) is 3.73.